The van der Waals surface area contributed by atoms with Crippen molar-refractivity contribution in [2.75, 3.05) is 7.11 Å². The van der Waals surface area contributed by atoms with E-state index in [0.717, 1.165) is 28.8 Å². The molecular formula is C18H16N2O2S. The highest BCUT2D eigenvalue weighted by Crippen LogP contribution is 2.37. The van der Waals surface area contributed by atoms with Gasteiger partial charge in [-0.25, -0.2) is 9.97 Å². The number of nitrogens with zero attached hydrogens (tertiary/aromatic N) is 2. The Kier molecular flexibility index (Phi) is 3.58. The van der Waals surface area contributed by atoms with Crippen molar-refractivity contribution in [3.8, 4) is 5.75 Å². The smallest absolute Gasteiger partial charge is 0.212 e. The standard InChI is InChI=1S/C18H16N2O2S/c1-22-12-8-6-11(7-9-12)17(21)16-15-13-4-2-3-5-14(13)23-18(15)20-10-19-16/h6-10H,2-5H2,1H3. The molecule has 23 heavy (non-hydrogen) atoms. The van der Waals surface area contributed by atoms with E-state index >= 15 is 0 Å². The summed E-state index contributed by atoms with van der Waals surface area (Å²) in [6.45, 7) is 0. The van der Waals surface area contributed by atoms with E-state index in [0.29, 0.717) is 11.3 Å². The molecule has 1 aliphatic rings. The molecule has 0 bridgehead atoms. The predicted molar refractivity (Wildman–Crippen MR) is 90.5 cm³/mol. The number of ether oxygens (including phenoxy) is 1. The lowest BCUT2D eigenvalue weighted by molar-refractivity contribution is 0.103. The molecule has 0 unspecified atom stereocenters. The van der Waals surface area contributed by atoms with Crippen molar-refractivity contribution in [2.24, 2.45) is 0 Å². The minimum Gasteiger partial charge on any atom is -0.497 e. The zero-order valence-corrected chi connectivity index (χ0v) is 13.7. The number of aromatic nitrogens is 2. The third kappa shape index (κ3) is 2.41. The Bertz CT molecular complexity index is 884. The molecule has 0 spiro atoms. The second-order valence-electron chi connectivity index (χ2n) is 5.67. The van der Waals surface area contributed by atoms with Crippen LogP contribution < -0.4 is 4.74 Å². The van der Waals surface area contributed by atoms with E-state index < -0.39 is 0 Å². The molecule has 2 heterocycles. The quantitative estimate of drug-likeness (QED) is 0.688. The van der Waals surface area contributed by atoms with Crippen molar-refractivity contribution in [1.82, 2.24) is 9.97 Å². The maximum atomic E-state index is 12.9. The van der Waals surface area contributed by atoms with Gasteiger partial charge in [0, 0.05) is 15.8 Å². The fourth-order valence-corrected chi connectivity index (χ4v) is 4.37. The van der Waals surface area contributed by atoms with Crippen LogP contribution in [0.5, 0.6) is 5.75 Å². The van der Waals surface area contributed by atoms with Crippen molar-refractivity contribution in [2.45, 2.75) is 25.7 Å². The van der Waals surface area contributed by atoms with E-state index in [2.05, 4.69) is 9.97 Å². The van der Waals surface area contributed by atoms with Gasteiger partial charge in [-0.15, -0.1) is 11.3 Å². The van der Waals surface area contributed by atoms with E-state index in [1.54, 1.807) is 42.7 Å². The van der Waals surface area contributed by atoms with Crippen LogP contribution in [0.15, 0.2) is 30.6 Å². The Balaban J connectivity index is 1.84. The van der Waals surface area contributed by atoms with Crippen molar-refractivity contribution in [1.29, 1.82) is 0 Å². The number of hydrogen-bond donors (Lipinski definition) is 0. The van der Waals surface area contributed by atoms with E-state index in [-0.39, 0.29) is 5.78 Å². The number of thiophene rings is 1. The molecule has 4 rings (SSSR count). The van der Waals surface area contributed by atoms with Crippen LogP contribution >= 0.6 is 11.3 Å². The molecule has 1 aliphatic carbocycles. The average molecular weight is 324 g/mol. The maximum Gasteiger partial charge on any atom is 0.212 e. The van der Waals surface area contributed by atoms with Gasteiger partial charge in [-0.3, -0.25) is 4.79 Å². The molecular weight excluding hydrogens is 308 g/mol. The van der Waals surface area contributed by atoms with Gasteiger partial charge in [0.2, 0.25) is 5.78 Å². The fraction of sp³-hybridized carbons (Fsp3) is 0.278. The van der Waals surface area contributed by atoms with Gasteiger partial charge in [-0.05, 0) is 55.5 Å². The van der Waals surface area contributed by atoms with Gasteiger partial charge in [0.1, 0.15) is 22.6 Å². The molecule has 0 saturated carbocycles. The first kappa shape index (κ1) is 14.3. The van der Waals surface area contributed by atoms with Crippen molar-refractivity contribution in [3.63, 3.8) is 0 Å². The first-order valence-corrected chi connectivity index (χ1v) is 8.53. The monoisotopic (exact) mass is 324 g/mol. The Morgan fingerprint density at radius 1 is 1.13 bits per heavy atom. The van der Waals surface area contributed by atoms with E-state index in [1.807, 2.05) is 0 Å². The lowest BCUT2D eigenvalue weighted by Gasteiger charge is -2.11. The molecule has 116 valence electrons. The molecule has 0 fully saturated rings. The Hall–Kier alpha value is -2.27. The van der Waals surface area contributed by atoms with Crippen LogP contribution in [0.3, 0.4) is 0 Å². The third-order valence-electron chi connectivity index (χ3n) is 4.32. The van der Waals surface area contributed by atoms with Gasteiger partial charge in [-0.2, -0.15) is 0 Å². The van der Waals surface area contributed by atoms with Crippen LogP contribution in [0.25, 0.3) is 10.2 Å². The number of ketones is 1. The minimum absolute atomic E-state index is 0.0498. The molecule has 0 atom stereocenters. The summed E-state index contributed by atoms with van der Waals surface area (Å²) in [5.41, 5.74) is 2.44. The molecule has 0 radical (unpaired) electrons. The zero-order chi connectivity index (χ0) is 15.8. The van der Waals surface area contributed by atoms with Crippen LogP contribution in [0.1, 0.15) is 39.3 Å². The van der Waals surface area contributed by atoms with E-state index in [9.17, 15) is 4.79 Å². The van der Waals surface area contributed by atoms with Crippen LogP contribution in [-0.4, -0.2) is 22.9 Å². The van der Waals surface area contributed by atoms with Gasteiger partial charge in [0.25, 0.3) is 0 Å². The summed E-state index contributed by atoms with van der Waals surface area (Å²) in [4.78, 5) is 23.9. The molecule has 0 saturated heterocycles. The number of fused-ring (bicyclic) bond motifs is 3. The number of carbonyl (C=O) groups excluding carboxylic acids is 1. The van der Waals surface area contributed by atoms with Gasteiger partial charge in [0.05, 0.1) is 7.11 Å². The predicted octanol–water partition coefficient (Wildman–Crippen LogP) is 3.81. The second-order valence-corrected chi connectivity index (χ2v) is 6.75. The van der Waals surface area contributed by atoms with Gasteiger partial charge < -0.3 is 4.74 Å². The Morgan fingerprint density at radius 3 is 2.70 bits per heavy atom. The summed E-state index contributed by atoms with van der Waals surface area (Å²) in [7, 11) is 1.61. The molecule has 5 heteroatoms. The number of carbonyl (C=O) groups is 1. The molecule has 0 amide bonds. The van der Waals surface area contributed by atoms with Crippen LogP contribution in [0.4, 0.5) is 0 Å². The topological polar surface area (TPSA) is 52.1 Å². The Labute approximate surface area is 138 Å². The van der Waals surface area contributed by atoms with Crippen LogP contribution in [0, 0.1) is 0 Å². The number of methoxy groups -OCH3 is 1. The average Bonchev–Trinajstić information content (AvgIpc) is 3.00. The van der Waals surface area contributed by atoms with Crippen LogP contribution in [-0.2, 0) is 12.8 Å². The Morgan fingerprint density at radius 2 is 1.91 bits per heavy atom. The maximum absolute atomic E-state index is 12.9. The van der Waals surface area contributed by atoms with E-state index in [1.165, 1.54) is 29.6 Å². The number of benzene rings is 1. The first-order chi connectivity index (χ1) is 11.3. The minimum atomic E-state index is -0.0498. The number of hydrogen-bond acceptors (Lipinski definition) is 5. The molecule has 1 aromatic carbocycles. The molecule has 3 aromatic rings. The second kappa shape index (κ2) is 5.74. The summed E-state index contributed by atoms with van der Waals surface area (Å²) in [6, 6.07) is 7.17. The van der Waals surface area contributed by atoms with Gasteiger partial charge >= 0.3 is 0 Å². The van der Waals surface area contributed by atoms with Gasteiger partial charge in [0.15, 0.2) is 0 Å². The molecule has 4 nitrogen and oxygen atoms in total. The number of rotatable bonds is 3. The summed E-state index contributed by atoms with van der Waals surface area (Å²) >= 11 is 1.71. The molecule has 0 N–H and O–H groups in total. The summed E-state index contributed by atoms with van der Waals surface area (Å²) in [5.74, 6) is 0.688. The van der Waals surface area contributed by atoms with Gasteiger partial charge in [-0.1, -0.05) is 0 Å². The summed E-state index contributed by atoms with van der Waals surface area (Å²) in [6.07, 6.45) is 6.00. The number of aryl methyl sites for hydroxylation is 2. The summed E-state index contributed by atoms with van der Waals surface area (Å²) < 4.78 is 5.15. The highest BCUT2D eigenvalue weighted by atomic mass is 32.1. The molecule has 0 aliphatic heterocycles. The lowest BCUT2D eigenvalue weighted by Crippen LogP contribution is -2.07. The highest BCUT2D eigenvalue weighted by Gasteiger charge is 2.23. The third-order valence-corrected chi connectivity index (χ3v) is 5.52. The normalized spacial score (nSPS) is 13.8. The van der Waals surface area contributed by atoms with Crippen molar-refractivity contribution in [3.05, 3.63) is 52.3 Å². The van der Waals surface area contributed by atoms with E-state index in [4.69, 9.17) is 4.74 Å². The molecule has 2 aromatic heterocycles. The first-order valence-electron chi connectivity index (χ1n) is 7.72. The summed E-state index contributed by atoms with van der Waals surface area (Å²) in [5, 5.41) is 0.966. The van der Waals surface area contributed by atoms with Crippen molar-refractivity contribution < 1.29 is 9.53 Å². The van der Waals surface area contributed by atoms with Crippen molar-refractivity contribution >= 4 is 27.3 Å². The fourth-order valence-electron chi connectivity index (χ4n) is 3.14. The van der Waals surface area contributed by atoms with Crippen LogP contribution in [0.2, 0.25) is 0 Å². The SMILES string of the molecule is COc1ccc(C(=O)c2ncnc3sc4c(c23)CCCC4)cc1. The largest absolute Gasteiger partial charge is 0.497 e. The highest BCUT2D eigenvalue weighted by molar-refractivity contribution is 7.18. The lowest BCUT2D eigenvalue weighted by atomic mass is 9.94. The zero-order valence-electron chi connectivity index (χ0n) is 12.8.